The van der Waals surface area contributed by atoms with Crippen LogP contribution in [0.2, 0.25) is 10.0 Å². The van der Waals surface area contributed by atoms with Gasteiger partial charge in [0.15, 0.2) is 11.6 Å². The third-order valence-corrected chi connectivity index (χ3v) is 5.51. The fraction of sp³-hybridized carbons (Fsp3) is 0.190. The van der Waals surface area contributed by atoms with Crippen molar-refractivity contribution in [1.29, 1.82) is 0 Å². The minimum Gasteiger partial charge on any atom is -0.363 e. The fourth-order valence-electron chi connectivity index (χ4n) is 3.36. The Kier molecular flexibility index (Phi) is 6.87. The van der Waals surface area contributed by atoms with Crippen LogP contribution in [0.25, 0.3) is 17.1 Å². The maximum absolute atomic E-state index is 14.4. The second-order valence-electron chi connectivity index (χ2n) is 7.49. The lowest BCUT2D eigenvalue weighted by Gasteiger charge is -2.08. The van der Waals surface area contributed by atoms with Gasteiger partial charge in [0.2, 0.25) is 5.82 Å². The van der Waals surface area contributed by atoms with Gasteiger partial charge in [-0.1, -0.05) is 29.3 Å². The second kappa shape index (κ2) is 9.74. The van der Waals surface area contributed by atoms with Gasteiger partial charge in [-0.05, 0) is 36.4 Å². The number of alkyl halides is 3. The molecular formula is C21H15Cl2F4N7O2. The molecule has 0 radical (unpaired) electrons. The lowest BCUT2D eigenvalue weighted by atomic mass is 10.2. The molecule has 4 aromatic rings. The van der Waals surface area contributed by atoms with E-state index in [0.717, 1.165) is 20.0 Å². The van der Waals surface area contributed by atoms with E-state index in [9.17, 15) is 27.2 Å². The van der Waals surface area contributed by atoms with Gasteiger partial charge in [0.25, 0.3) is 5.91 Å². The molecule has 0 fully saturated rings. The maximum Gasteiger partial charge on any atom is 0.390 e. The zero-order valence-corrected chi connectivity index (χ0v) is 19.5. The third kappa shape index (κ3) is 5.26. The zero-order chi connectivity index (χ0) is 26.2. The van der Waals surface area contributed by atoms with Crippen molar-refractivity contribution >= 4 is 29.1 Å². The van der Waals surface area contributed by atoms with Gasteiger partial charge in [-0.3, -0.25) is 9.36 Å². The van der Waals surface area contributed by atoms with E-state index >= 15 is 0 Å². The van der Waals surface area contributed by atoms with Crippen molar-refractivity contribution in [2.24, 2.45) is 5.73 Å². The summed E-state index contributed by atoms with van der Waals surface area (Å²) in [6, 6.07) is 9.77. The van der Waals surface area contributed by atoms with Crippen molar-refractivity contribution in [3.8, 4) is 17.1 Å². The normalized spacial score (nSPS) is 11.7. The van der Waals surface area contributed by atoms with Crippen molar-refractivity contribution in [1.82, 2.24) is 29.1 Å². The molecule has 0 atom stereocenters. The quantitative estimate of drug-likeness (QED) is 0.356. The SMILES string of the molecule is NC(=O)c1nc(Cn2nc(-c3ccc(Cl)cc3)n(CCC(F)(F)F)c2=O)nn1-c1c(F)cccc1Cl. The number of para-hydroxylation sites is 1. The molecule has 9 nitrogen and oxygen atoms in total. The van der Waals surface area contributed by atoms with E-state index in [1.807, 2.05) is 0 Å². The lowest BCUT2D eigenvalue weighted by Crippen LogP contribution is -2.27. The predicted octanol–water partition coefficient (Wildman–Crippen LogP) is 3.84. The van der Waals surface area contributed by atoms with Crippen molar-refractivity contribution in [2.75, 3.05) is 0 Å². The van der Waals surface area contributed by atoms with Gasteiger partial charge in [0.05, 0.1) is 11.4 Å². The molecule has 4 rings (SSSR count). The molecule has 1 amide bonds. The van der Waals surface area contributed by atoms with Crippen LogP contribution in [0.1, 0.15) is 22.9 Å². The average Bonchev–Trinajstić information content (AvgIpc) is 3.34. The minimum absolute atomic E-state index is 0.0485. The van der Waals surface area contributed by atoms with Crippen LogP contribution in [0, 0.1) is 5.82 Å². The molecule has 0 saturated carbocycles. The summed E-state index contributed by atoms with van der Waals surface area (Å²) >= 11 is 11.9. The summed E-state index contributed by atoms with van der Waals surface area (Å²) < 4.78 is 55.6. The van der Waals surface area contributed by atoms with E-state index in [1.165, 1.54) is 36.4 Å². The van der Waals surface area contributed by atoms with Crippen molar-refractivity contribution in [2.45, 2.75) is 25.7 Å². The molecule has 2 heterocycles. The number of carbonyl (C=O) groups excluding carboxylic acids is 1. The highest BCUT2D eigenvalue weighted by Crippen LogP contribution is 2.25. The van der Waals surface area contributed by atoms with E-state index < -0.39 is 48.9 Å². The molecule has 0 spiro atoms. The van der Waals surface area contributed by atoms with Crippen LogP contribution < -0.4 is 11.4 Å². The Balaban J connectivity index is 1.78. The first kappa shape index (κ1) is 25.4. The Bertz CT molecular complexity index is 1470. The second-order valence-corrected chi connectivity index (χ2v) is 8.33. The van der Waals surface area contributed by atoms with E-state index in [4.69, 9.17) is 28.9 Å². The van der Waals surface area contributed by atoms with Crippen LogP contribution >= 0.6 is 23.2 Å². The van der Waals surface area contributed by atoms with Crippen molar-refractivity contribution in [3.05, 3.63) is 80.5 Å². The molecule has 0 aliphatic heterocycles. The molecule has 0 aliphatic rings. The van der Waals surface area contributed by atoms with Gasteiger partial charge in [0, 0.05) is 17.1 Å². The molecule has 15 heteroatoms. The van der Waals surface area contributed by atoms with Crippen molar-refractivity contribution < 1.29 is 22.4 Å². The molecule has 2 aromatic heterocycles. The summed E-state index contributed by atoms with van der Waals surface area (Å²) in [5, 5.41) is 8.48. The number of nitrogens with zero attached hydrogens (tertiary/aromatic N) is 6. The van der Waals surface area contributed by atoms with Gasteiger partial charge in [0.1, 0.15) is 18.0 Å². The number of nitrogens with two attached hydrogens (primary N) is 1. The first-order chi connectivity index (χ1) is 16.9. The summed E-state index contributed by atoms with van der Waals surface area (Å²) in [6.07, 6.45) is -5.79. The Hall–Kier alpha value is -3.71. The molecule has 2 aromatic carbocycles. The highest BCUT2D eigenvalue weighted by molar-refractivity contribution is 6.32. The van der Waals surface area contributed by atoms with Crippen LogP contribution in [-0.4, -0.2) is 41.2 Å². The number of benzene rings is 2. The summed E-state index contributed by atoms with van der Waals surface area (Å²) in [6.45, 7) is -1.16. The van der Waals surface area contributed by atoms with Gasteiger partial charge < -0.3 is 5.73 Å². The third-order valence-electron chi connectivity index (χ3n) is 4.96. The molecule has 2 N–H and O–H groups in total. The number of hydrogen-bond acceptors (Lipinski definition) is 5. The Labute approximate surface area is 209 Å². The summed E-state index contributed by atoms with van der Waals surface area (Å²) in [4.78, 5) is 28.9. The zero-order valence-electron chi connectivity index (χ0n) is 18.0. The number of rotatable bonds is 7. The molecule has 0 unspecified atom stereocenters. The standard InChI is InChI=1S/C21H15Cl2F4N7O2/c22-12-6-4-11(5-7-12)18-31-33(20(36)32(18)9-8-21(25,26)27)10-15-29-19(17(28)35)34(30-15)16-13(23)2-1-3-14(16)24/h1-7H,8-10H2,(H2,28,35). The minimum atomic E-state index is -4.52. The first-order valence-electron chi connectivity index (χ1n) is 10.1. The van der Waals surface area contributed by atoms with Crippen LogP contribution in [0.15, 0.2) is 47.3 Å². The number of halogens is 6. The van der Waals surface area contributed by atoms with Crippen LogP contribution in [0.4, 0.5) is 17.6 Å². The number of aromatic nitrogens is 6. The van der Waals surface area contributed by atoms with E-state index in [1.54, 1.807) is 0 Å². The van der Waals surface area contributed by atoms with Gasteiger partial charge in [-0.2, -0.15) is 13.2 Å². The number of hydrogen-bond donors (Lipinski definition) is 1. The average molecular weight is 544 g/mol. The Morgan fingerprint density at radius 3 is 2.36 bits per heavy atom. The molecule has 0 aliphatic carbocycles. The Morgan fingerprint density at radius 2 is 1.75 bits per heavy atom. The van der Waals surface area contributed by atoms with Crippen LogP contribution in [0.5, 0.6) is 0 Å². The highest BCUT2D eigenvalue weighted by atomic mass is 35.5. The largest absolute Gasteiger partial charge is 0.390 e. The summed E-state index contributed by atoms with van der Waals surface area (Å²) in [5.41, 5.74) is 4.51. The highest BCUT2D eigenvalue weighted by Gasteiger charge is 2.29. The van der Waals surface area contributed by atoms with Crippen molar-refractivity contribution in [3.63, 3.8) is 0 Å². The van der Waals surface area contributed by atoms with Gasteiger partial charge >= 0.3 is 11.9 Å². The van der Waals surface area contributed by atoms with E-state index in [0.29, 0.717) is 10.6 Å². The van der Waals surface area contributed by atoms with Gasteiger partial charge in [-0.15, -0.1) is 10.2 Å². The predicted molar refractivity (Wildman–Crippen MR) is 122 cm³/mol. The summed E-state index contributed by atoms with van der Waals surface area (Å²) in [7, 11) is 0. The van der Waals surface area contributed by atoms with Crippen LogP contribution in [0.3, 0.4) is 0 Å². The number of primary amides is 1. The fourth-order valence-corrected chi connectivity index (χ4v) is 3.73. The molecule has 0 bridgehead atoms. The molecule has 188 valence electrons. The van der Waals surface area contributed by atoms with Crippen LogP contribution in [-0.2, 0) is 13.1 Å². The number of amides is 1. The Morgan fingerprint density at radius 1 is 1.06 bits per heavy atom. The molecule has 36 heavy (non-hydrogen) atoms. The number of carbonyl (C=O) groups is 1. The van der Waals surface area contributed by atoms with E-state index in [2.05, 4.69) is 15.2 Å². The maximum atomic E-state index is 14.4. The van der Waals surface area contributed by atoms with E-state index in [-0.39, 0.29) is 22.4 Å². The topological polar surface area (TPSA) is 114 Å². The first-order valence-corrected chi connectivity index (χ1v) is 10.9. The lowest BCUT2D eigenvalue weighted by molar-refractivity contribution is -0.136. The molecular weight excluding hydrogens is 529 g/mol. The monoisotopic (exact) mass is 543 g/mol. The molecule has 0 saturated heterocycles. The summed E-state index contributed by atoms with van der Waals surface area (Å²) in [5.74, 6) is -2.58. The smallest absolute Gasteiger partial charge is 0.363 e. The van der Waals surface area contributed by atoms with Gasteiger partial charge in [-0.25, -0.2) is 23.5 Å².